The minimum Gasteiger partial charge on any atom is -0.330 e. The second-order valence-electron chi connectivity index (χ2n) is 4.52. The SMILES string of the molecule is C=CCCS(=O)(=O)N(C)CC(C)(C)CN.Cl. The van der Waals surface area contributed by atoms with Gasteiger partial charge in [-0.1, -0.05) is 19.9 Å². The van der Waals surface area contributed by atoms with Crippen LogP contribution in [0, 0.1) is 5.41 Å². The van der Waals surface area contributed by atoms with E-state index in [0.29, 0.717) is 19.5 Å². The molecule has 6 heteroatoms. The predicted molar refractivity (Wildman–Crippen MR) is 71.3 cm³/mol. The van der Waals surface area contributed by atoms with Gasteiger partial charge in [0.1, 0.15) is 0 Å². The molecule has 0 aromatic heterocycles. The van der Waals surface area contributed by atoms with Gasteiger partial charge in [0.05, 0.1) is 5.75 Å². The summed E-state index contributed by atoms with van der Waals surface area (Å²) in [5.41, 5.74) is 5.38. The first-order valence-electron chi connectivity index (χ1n) is 5.00. The van der Waals surface area contributed by atoms with Gasteiger partial charge in [-0.05, 0) is 18.4 Å². The number of hydrogen-bond donors (Lipinski definition) is 1. The number of halogens is 1. The van der Waals surface area contributed by atoms with Crippen LogP contribution in [0.4, 0.5) is 0 Å². The Hall–Kier alpha value is -0.100. The van der Waals surface area contributed by atoms with E-state index in [1.54, 1.807) is 13.1 Å². The van der Waals surface area contributed by atoms with Crippen LogP contribution < -0.4 is 5.73 Å². The molecule has 0 radical (unpaired) electrons. The molecule has 0 aromatic carbocycles. The summed E-state index contributed by atoms with van der Waals surface area (Å²) in [7, 11) is -1.57. The fraction of sp³-hybridized carbons (Fsp3) is 0.800. The Morgan fingerprint density at radius 3 is 2.31 bits per heavy atom. The molecule has 2 N–H and O–H groups in total. The van der Waals surface area contributed by atoms with Crippen LogP contribution >= 0.6 is 12.4 Å². The Morgan fingerprint density at radius 1 is 1.44 bits per heavy atom. The normalized spacial score (nSPS) is 12.3. The van der Waals surface area contributed by atoms with Gasteiger partial charge in [0.2, 0.25) is 10.0 Å². The van der Waals surface area contributed by atoms with Gasteiger partial charge in [0.15, 0.2) is 0 Å². The summed E-state index contributed by atoms with van der Waals surface area (Å²) >= 11 is 0. The van der Waals surface area contributed by atoms with Gasteiger partial charge in [-0.2, -0.15) is 0 Å². The van der Waals surface area contributed by atoms with Gasteiger partial charge < -0.3 is 5.73 Å². The zero-order valence-electron chi connectivity index (χ0n) is 10.3. The van der Waals surface area contributed by atoms with Gasteiger partial charge in [-0.25, -0.2) is 12.7 Å². The second kappa shape index (κ2) is 7.27. The molecule has 0 saturated carbocycles. The molecule has 0 bridgehead atoms. The molecule has 0 heterocycles. The van der Waals surface area contributed by atoms with Crippen molar-refractivity contribution in [2.24, 2.45) is 11.1 Å². The van der Waals surface area contributed by atoms with E-state index in [9.17, 15) is 8.42 Å². The molecule has 0 fully saturated rings. The van der Waals surface area contributed by atoms with Crippen LogP contribution in [0.25, 0.3) is 0 Å². The summed E-state index contributed by atoms with van der Waals surface area (Å²) in [4.78, 5) is 0. The standard InChI is InChI=1S/C10H22N2O2S.ClH/c1-5-6-7-15(13,14)12(4)9-10(2,3)8-11;/h5H,1,6-9,11H2,2-4H3;1H. The van der Waals surface area contributed by atoms with Crippen molar-refractivity contribution in [3.8, 4) is 0 Å². The average Bonchev–Trinajstić information content (AvgIpc) is 2.14. The molecule has 4 nitrogen and oxygen atoms in total. The van der Waals surface area contributed by atoms with Crippen LogP contribution in [0.1, 0.15) is 20.3 Å². The summed E-state index contributed by atoms with van der Waals surface area (Å²) < 4.78 is 24.8. The molecule has 0 aliphatic heterocycles. The first-order chi connectivity index (χ1) is 6.75. The molecule has 0 aliphatic rings. The van der Waals surface area contributed by atoms with Crippen molar-refractivity contribution in [3.05, 3.63) is 12.7 Å². The van der Waals surface area contributed by atoms with Gasteiger partial charge >= 0.3 is 0 Å². The first kappa shape index (κ1) is 18.3. The predicted octanol–water partition coefficient (Wildman–Crippen LogP) is 1.23. The van der Waals surface area contributed by atoms with E-state index in [0.717, 1.165) is 0 Å². The van der Waals surface area contributed by atoms with E-state index < -0.39 is 10.0 Å². The van der Waals surface area contributed by atoms with E-state index in [1.165, 1.54) is 4.31 Å². The van der Waals surface area contributed by atoms with Crippen LogP contribution in [-0.4, -0.2) is 38.6 Å². The third kappa shape index (κ3) is 6.48. The van der Waals surface area contributed by atoms with Crippen molar-refractivity contribution in [1.82, 2.24) is 4.31 Å². The highest BCUT2D eigenvalue weighted by molar-refractivity contribution is 7.89. The Labute approximate surface area is 105 Å². The quantitative estimate of drug-likeness (QED) is 0.708. The molecule has 98 valence electrons. The Bertz CT molecular complexity index is 302. The zero-order chi connectivity index (χ0) is 12.1. The molecule has 16 heavy (non-hydrogen) atoms. The van der Waals surface area contributed by atoms with Crippen LogP contribution in [0.2, 0.25) is 0 Å². The maximum absolute atomic E-state index is 11.7. The third-order valence-electron chi connectivity index (χ3n) is 2.26. The molecular weight excluding hydrogens is 248 g/mol. The Balaban J connectivity index is 0. The number of allylic oxidation sites excluding steroid dienone is 1. The Morgan fingerprint density at radius 2 is 1.94 bits per heavy atom. The van der Waals surface area contributed by atoms with E-state index in [-0.39, 0.29) is 23.6 Å². The van der Waals surface area contributed by atoms with Crippen LogP contribution in [0.5, 0.6) is 0 Å². The maximum Gasteiger partial charge on any atom is 0.214 e. The highest BCUT2D eigenvalue weighted by atomic mass is 35.5. The fourth-order valence-electron chi connectivity index (χ4n) is 1.15. The van der Waals surface area contributed by atoms with Gasteiger partial charge in [-0.3, -0.25) is 0 Å². The number of hydrogen-bond acceptors (Lipinski definition) is 3. The largest absolute Gasteiger partial charge is 0.330 e. The number of sulfonamides is 1. The summed E-state index contributed by atoms with van der Waals surface area (Å²) in [5.74, 6) is 0.119. The van der Waals surface area contributed by atoms with Crippen molar-refractivity contribution in [2.75, 3.05) is 25.9 Å². The molecule has 0 saturated heterocycles. The van der Waals surface area contributed by atoms with Gasteiger partial charge in [-0.15, -0.1) is 19.0 Å². The molecule has 0 aliphatic carbocycles. The number of nitrogens with zero attached hydrogens (tertiary/aromatic N) is 1. The topological polar surface area (TPSA) is 63.4 Å². The average molecular weight is 271 g/mol. The molecule has 0 amide bonds. The summed E-state index contributed by atoms with van der Waals surface area (Å²) in [6.45, 7) is 8.33. The minimum absolute atomic E-state index is 0. The Kier molecular flexibility index (Phi) is 8.30. The molecule has 0 unspecified atom stereocenters. The fourth-order valence-corrected chi connectivity index (χ4v) is 2.48. The molecule has 0 aromatic rings. The van der Waals surface area contributed by atoms with Crippen molar-refractivity contribution in [1.29, 1.82) is 0 Å². The van der Waals surface area contributed by atoms with E-state index in [2.05, 4.69) is 6.58 Å². The highest BCUT2D eigenvalue weighted by Crippen LogP contribution is 2.16. The molecule has 0 spiro atoms. The lowest BCUT2D eigenvalue weighted by molar-refractivity contribution is 0.292. The van der Waals surface area contributed by atoms with Crippen LogP contribution in [-0.2, 0) is 10.0 Å². The lowest BCUT2D eigenvalue weighted by atomic mass is 9.94. The van der Waals surface area contributed by atoms with E-state index in [1.807, 2.05) is 13.8 Å². The number of nitrogens with two attached hydrogens (primary N) is 1. The smallest absolute Gasteiger partial charge is 0.214 e. The van der Waals surface area contributed by atoms with E-state index in [4.69, 9.17) is 5.73 Å². The highest BCUT2D eigenvalue weighted by Gasteiger charge is 2.24. The summed E-state index contributed by atoms with van der Waals surface area (Å²) in [5, 5.41) is 0. The van der Waals surface area contributed by atoms with Crippen LogP contribution in [0.15, 0.2) is 12.7 Å². The molecule has 0 rings (SSSR count). The van der Waals surface area contributed by atoms with Crippen LogP contribution in [0.3, 0.4) is 0 Å². The molecule has 0 atom stereocenters. The maximum atomic E-state index is 11.7. The summed E-state index contributed by atoms with van der Waals surface area (Å²) in [6.07, 6.45) is 2.09. The lowest BCUT2D eigenvalue weighted by Gasteiger charge is -2.28. The third-order valence-corrected chi connectivity index (χ3v) is 4.09. The van der Waals surface area contributed by atoms with Crippen molar-refractivity contribution < 1.29 is 8.42 Å². The summed E-state index contributed by atoms with van der Waals surface area (Å²) in [6, 6.07) is 0. The lowest BCUT2D eigenvalue weighted by Crippen LogP contribution is -2.40. The first-order valence-corrected chi connectivity index (χ1v) is 6.61. The van der Waals surface area contributed by atoms with Gasteiger partial charge in [0.25, 0.3) is 0 Å². The van der Waals surface area contributed by atoms with Crippen molar-refractivity contribution in [3.63, 3.8) is 0 Å². The number of rotatable bonds is 7. The van der Waals surface area contributed by atoms with Gasteiger partial charge in [0, 0.05) is 13.6 Å². The van der Waals surface area contributed by atoms with E-state index >= 15 is 0 Å². The van der Waals surface area contributed by atoms with Crippen molar-refractivity contribution in [2.45, 2.75) is 20.3 Å². The second-order valence-corrected chi connectivity index (χ2v) is 6.71. The minimum atomic E-state index is -3.16. The zero-order valence-corrected chi connectivity index (χ0v) is 11.9. The molecular formula is C10H23ClN2O2S. The van der Waals surface area contributed by atoms with Crippen molar-refractivity contribution >= 4 is 22.4 Å². The monoisotopic (exact) mass is 270 g/mol.